The summed E-state index contributed by atoms with van der Waals surface area (Å²) in [4.78, 5) is 32.8. The minimum atomic E-state index is -0.719. The molecule has 0 aliphatic heterocycles. The highest BCUT2D eigenvalue weighted by atomic mass is 16.5. The number of hydrogen-bond acceptors (Lipinski definition) is 6. The highest BCUT2D eigenvalue weighted by Gasteiger charge is 2.26. The van der Waals surface area contributed by atoms with Crippen molar-refractivity contribution in [2.75, 3.05) is 12.4 Å². The van der Waals surface area contributed by atoms with E-state index in [9.17, 15) is 9.59 Å². The van der Waals surface area contributed by atoms with E-state index in [0.29, 0.717) is 22.7 Å². The van der Waals surface area contributed by atoms with E-state index >= 15 is 0 Å². The standard InChI is InChI=1S/C20H22N4O4/c1-4-12(2)17(19(25)27-3)24-20(26)22-14-7-8-16-15(10-14)23-18(28-16)13-6-5-9-21-11-13/h5-12,17H,4H2,1-3H3,(H2,22,24,26)/t12-,17-/m0/s1. The number of methoxy groups -OCH3 is 1. The van der Waals surface area contributed by atoms with E-state index in [1.54, 1.807) is 36.7 Å². The molecule has 8 nitrogen and oxygen atoms in total. The van der Waals surface area contributed by atoms with Crippen LogP contribution in [0.2, 0.25) is 0 Å². The molecule has 3 rings (SSSR count). The lowest BCUT2D eigenvalue weighted by Crippen LogP contribution is -2.47. The van der Waals surface area contributed by atoms with Gasteiger partial charge in [-0.15, -0.1) is 0 Å². The molecule has 0 radical (unpaired) electrons. The summed E-state index contributed by atoms with van der Waals surface area (Å²) in [5, 5.41) is 5.39. The van der Waals surface area contributed by atoms with Crippen molar-refractivity contribution in [3.63, 3.8) is 0 Å². The summed E-state index contributed by atoms with van der Waals surface area (Å²) >= 11 is 0. The quantitative estimate of drug-likeness (QED) is 0.631. The first-order valence-corrected chi connectivity index (χ1v) is 8.98. The highest BCUT2D eigenvalue weighted by Crippen LogP contribution is 2.25. The number of ether oxygens (including phenoxy) is 1. The molecule has 0 unspecified atom stereocenters. The lowest BCUT2D eigenvalue weighted by atomic mass is 9.99. The fraction of sp³-hybridized carbons (Fsp3) is 0.300. The normalized spacial score (nSPS) is 13.0. The van der Waals surface area contributed by atoms with E-state index in [-0.39, 0.29) is 5.92 Å². The molecule has 2 heterocycles. The number of nitrogens with one attached hydrogen (secondary N) is 2. The van der Waals surface area contributed by atoms with Gasteiger partial charge in [0.05, 0.1) is 12.7 Å². The molecule has 0 fully saturated rings. The Balaban J connectivity index is 1.75. The maximum Gasteiger partial charge on any atom is 0.328 e. The van der Waals surface area contributed by atoms with Gasteiger partial charge in [-0.25, -0.2) is 14.6 Å². The average molecular weight is 382 g/mol. The van der Waals surface area contributed by atoms with E-state index in [1.165, 1.54) is 7.11 Å². The van der Waals surface area contributed by atoms with Crippen LogP contribution in [-0.4, -0.2) is 35.1 Å². The second kappa shape index (κ2) is 8.51. The van der Waals surface area contributed by atoms with Crippen molar-refractivity contribution >= 4 is 28.8 Å². The van der Waals surface area contributed by atoms with Gasteiger partial charge in [-0.3, -0.25) is 4.98 Å². The van der Waals surface area contributed by atoms with Crippen LogP contribution in [0.25, 0.3) is 22.6 Å². The number of rotatable bonds is 6. The number of anilines is 1. The summed E-state index contributed by atoms with van der Waals surface area (Å²) in [6.07, 6.45) is 4.06. The van der Waals surface area contributed by atoms with Gasteiger partial charge >= 0.3 is 12.0 Å². The van der Waals surface area contributed by atoms with Gasteiger partial charge in [0.1, 0.15) is 11.6 Å². The summed E-state index contributed by atoms with van der Waals surface area (Å²) in [6, 6.07) is 7.58. The molecule has 2 amide bonds. The largest absolute Gasteiger partial charge is 0.467 e. The molecule has 28 heavy (non-hydrogen) atoms. The van der Waals surface area contributed by atoms with Crippen molar-refractivity contribution in [1.82, 2.24) is 15.3 Å². The monoisotopic (exact) mass is 382 g/mol. The van der Waals surface area contributed by atoms with Gasteiger partial charge < -0.3 is 19.8 Å². The molecule has 2 N–H and O–H groups in total. The molecule has 0 saturated carbocycles. The zero-order chi connectivity index (χ0) is 20.1. The Kier molecular flexibility index (Phi) is 5.88. The van der Waals surface area contributed by atoms with Crippen LogP contribution in [0.1, 0.15) is 20.3 Å². The minimum absolute atomic E-state index is 0.0572. The number of benzene rings is 1. The number of hydrogen-bond donors (Lipinski definition) is 2. The number of amides is 2. The maximum absolute atomic E-state index is 12.3. The van der Waals surface area contributed by atoms with Crippen LogP contribution in [-0.2, 0) is 9.53 Å². The molecule has 1 aromatic carbocycles. The molecule has 2 atom stereocenters. The van der Waals surface area contributed by atoms with Gasteiger partial charge in [0.2, 0.25) is 5.89 Å². The van der Waals surface area contributed by atoms with E-state index in [4.69, 9.17) is 9.15 Å². The van der Waals surface area contributed by atoms with Crippen LogP contribution in [0, 0.1) is 5.92 Å². The molecule has 0 aliphatic rings. The third kappa shape index (κ3) is 4.28. The maximum atomic E-state index is 12.3. The predicted molar refractivity (Wildman–Crippen MR) is 105 cm³/mol. The lowest BCUT2D eigenvalue weighted by Gasteiger charge is -2.21. The highest BCUT2D eigenvalue weighted by molar-refractivity contribution is 5.94. The Morgan fingerprint density at radius 3 is 2.79 bits per heavy atom. The summed E-state index contributed by atoms with van der Waals surface area (Å²) in [6.45, 7) is 3.82. The third-order valence-corrected chi connectivity index (χ3v) is 4.51. The van der Waals surface area contributed by atoms with E-state index in [1.807, 2.05) is 19.9 Å². The summed E-state index contributed by atoms with van der Waals surface area (Å²) in [7, 11) is 1.30. The topological polar surface area (TPSA) is 106 Å². The molecule has 146 valence electrons. The number of urea groups is 1. The summed E-state index contributed by atoms with van der Waals surface area (Å²) < 4.78 is 10.5. The number of aromatic nitrogens is 2. The first-order chi connectivity index (χ1) is 13.5. The Hall–Kier alpha value is -3.42. The summed E-state index contributed by atoms with van der Waals surface area (Å²) in [5.74, 6) is -0.0805. The smallest absolute Gasteiger partial charge is 0.328 e. The Labute approximate surface area is 162 Å². The Bertz CT molecular complexity index is 971. The van der Waals surface area contributed by atoms with Crippen LogP contribution in [0.5, 0.6) is 0 Å². The van der Waals surface area contributed by atoms with Crippen LogP contribution in [0.4, 0.5) is 10.5 Å². The number of esters is 1. The van der Waals surface area contributed by atoms with Crippen molar-refractivity contribution in [1.29, 1.82) is 0 Å². The number of nitrogens with zero attached hydrogens (tertiary/aromatic N) is 2. The molecular weight excluding hydrogens is 360 g/mol. The zero-order valence-corrected chi connectivity index (χ0v) is 15.9. The molecule has 0 aliphatic carbocycles. The summed E-state index contributed by atoms with van der Waals surface area (Å²) in [5.41, 5.74) is 2.49. The molecule has 8 heteroatoms. The van der Waals surface area contributed by atoms with Gasteiger partial charge in [0.25, 0.3) is 0 Å². The number of pyridine rings is 1. The van der Waals surface area contributed by atoms with E-state index in [2.05, 4.69) is 20.6 Å². The van der Waals surface area contributed by atoms with E-state index < -0.39 is 18.0 Å². The van der Waals surface area contributed by atoms with Gasteiger partial charge in [-0.2, -0.15) is 0 Å². The molecule has 2 aromatic heterocycles. The van der Waals surface area contributed by atoms with Crippen molar-refractivity contribution in [2.45, 2.75) is 26.3 Å². The van der Waals surface area contributed by atoms with E-state index in [0.717, 1.165) is 12.0 Å². The van der Waals surface area contributed by atoms with Crippen LogP contribution >= 0.6 is 0 Å². The van der Waals surface area contributed by atoms with Gasteiger partial charge in [-0.05, 0) is 36.2 Å². The number of oxazole rings is 1. The number of carbonyl (C=O) groups excluding carboxylic acids is 2. The fourth-order valence-electron chi connectivity index (χ4n) is 2.72. The second-order valence-corrected chi connectivity index (χ2v) is 6.43. The molecular formula is C20H22N4O4. The van der Waals surface area contributed by atoms with Crippen molar-refractivity contribution in [2.24, 2.45) is 5.92 Å². The number of fused-ring (bicyclic) bond motifs is 1. The van der Waals surface area contributed by atoms with Crippen LogP contribution < -0.4 is 10.6 Å². The van der Waals surface area contributed by atoms with Gasteiger partial charge in [0, 0.05) is 18.1 Å². The first-order valence-electron chi connectivity index (χ1n) is 8.98. The van der Waals surface area contributed by atoms with Crippen molar-refractivity contribution < 1.29 is 18.7 Å². The lowest BCUT2D eigenvalue weighted by molar-refractivity contribution is -0.144. The molecule has 3 aromatic rings. The number of carbonyl (C=O) groups is 2. The SMILES string of the molecule is CC[C@H](C)[C@H](NC(=O)Nc1ccc2oc(-c3cccnc3)nc2c1)C(=O)OC. The second-order valence-electron chi connectivity index (χ2n) is 6.43. The average Bonchev–Trinajstić information content (AvgIpc) is 3.15. The van der Waals surface area contributed by atoms with Gasteiger partial charge in [0.15, 0.2) is 5.58 Å². The zero-order valence-electron chi connectivity index (χ0n) is 15.9. The van der Waals surface area contributed by atoms with Gasteiger partial charge in [-0.1, -0.05) is 20.3 Å². The fourth-order valence-corrected chi connectivity index (χ4v) is 2.72. The molecule has 0 saturated heterocycles. The minimum Gasteiger partial charge on any atom is -0.467 e. The molecule has 0 bridgehead atoms. The Morgan fingerprint density at radius 2 is 2.11 bits per heavy atom. The van der Waals surface area contributed by atoms with Crippen molar-refractivity contribution in [3.05, 3.63) is 42.7 Å². The predicted octanol–water partition coefficient (Wildman–Crippen LogP) is 3.60. The first kappa shape index (κ1) is 19.3. The van der Waals surface area contributed by atoms with Crippen molar-refractivity contribution in [3.8, 4) is 11.5 Å². The van der Waals surface area contributed by atoms with Crippen LogP contribution in [0.3, 0.4) is 0 Å². The van der Waals surface area contributed by atoms with Crippen LogP contribution in [0.15, 0.2) is 47.1 Å². The Morgan fingerprint density at radius 1 is 1.29 bits per heavy atom. The molecule has 0 spiro atoms. The third-order valence-electron chi connectivity index (χ3n) is 4.51.